The molecule has 4 atom stereocenters. The molecule has 1 aromatic carbocycles. The fraction of sp³-hybridized carbons (Fsp3) is 0.586. The molecule has 0 unspecified atom stereocenters. The average molecular weight is 543 g/mol. The van der Waals surface area contributed by atoms with E-state index in [1.807, 2.05) is 64.4 Å². The van der Waals surface area contributed by atoms with E-state index >= 15 is 0 Å². The van der Waals surface area contributed by atoms with Crippen LogP contribution in [0.15, 0.2) is 29.8 Å². The minimum absolute atomic E-state index is 0.0429. The third-order valence-electron chi connectivity index (χ3n) is 7.20. The molecule has 1 aromatic heterocycles. The van der Waals surface area contributed by atoms with Gasteiger partial charge in [0, 0.05) is 19.4 Å². The summed E-state index contributed by atoms with van der Waals surface area (Å²) >= 11 is 1.59. The number of ketones is 1. The summed E-state index contributed by atoms with van der Waals surface area (Å²) in [6.45, 7) is 10.1. The minimum atomic E-state index is -0.874. The highest BCUT2D eigenvalue weighted by molar-refractivity contribution is 7.13. The van der Waals surface area contributed by atoms with Crippen LogP contribution in [0.4, 0.5) is 0 Å². The van der Waals surface area contributed by atoms with E-state index in [9.17, 15) is 19.5 Å². The quantitative estimate of drug-likeness (QED) is 0.291. The first-order chi connectivity index (χ1) is 17.9. The van der Waals surface area contributed by atoms with Crippen LogP contribution < -0.4 is 11.1 Å². The zero-order valence-electron chi connectivity index (χ0n) is 23.2. The van der Waals surface area contributed by atoms with Gasteiger partial charge in [-0.25, -0.2) is 4.98 Å². The van der Waals surface area contributed by atoms with Gasteiger partial charge in [0.1, 0.15) is 17.7 Å². The standard InChI is InChI=1S/C29H42N4O4S/c1-18(20-10-12-21(13-11-20)26-19(2)31-17-38-26)32-27(36)23-15-22(34)16-33(23)28(37)25(29(3,4)5)24(35)9-7-6-8-14-30/h10-13,17-18,22-23,25,34H,6-9,14-16,30H2,1-5H3,(H,32,36)/t18-,22+,23-,25+/m0/s1. The second-order valence-electron chi connectivity index (χ2n) is 11.4. The van der Waals surface area contributed by atoms with E-state index in [4.69, 9.17) is 5.73 Å². The van der Waals surface area contributed by atoms with E-state index in [1.165, 1.54) is 4.90 Å². The lowest BCUT2D eigenvalue weighted by atomic mass is 9.76. The van der Waals surface area contributed by atoms with Gasteiger partial charge >= 0.3 is 0 Å². The number of aromatic nitrogens is 1. The Morgan fingerprint density at radius 2 is 1.87 bits per heavy atom. The Balaban J connectivity index is 1.70. The highest BCUT2D eigenvalue weighted by Crippen LogP contribution is 2.33. The van der Waals surface area contributed by atoms with Crippen molar-refractivity contribution in [1.82, 2.24) is 15.2 Å². The molecule has 8 nitrogen and oxygen atoms in total. The smallest absolute Gasteiger partial charge is 0.243 e. The number of hydrogen-bond acceptors (Lipinski definition) is 7. The van der Waals surface area contributed by atoms with Gasteiger partial charge in [-0.2, -0.15) is 0 Å². The van der Waals surface area contributed by atoms with Gasteiger partial charge in [-0.05, 0) is 49.8 Å². The third kappa shape index (κ3) is 7.27. The van der Waals surface area contributed by atoms with Gasteiger partial charge in [0.05, 0.1) is 28.2 Å². The predicted octanol–water partition coefficient (Wildman–Crippen LogP) is 4.01. The molecule has 1 aliphatic rings. The van der Waals surface area contributed by atoms with Gasteiger partial charge in [0.25, 0.3) is 0 Å². The number of rotatable bonds is 11. The number of Topliss-reactive ketones (excluding diaryl/α,β-unsaturated/α-hetero) is 1. The number of aryl methyl sites for hydroxylation is 1. The molecule has 0 radical (unpaired) electrons. The van der Waals surface area contributed by atoms with Crippen molar-refractivity contribution in [3.63, 3.8) is 0 Å². The van der Waals surface area contributed by atoms with Crippen LogP contribution in [0.2, 0.25) is 0 Å². The number of likely N-dealkylation sites (tertiary alicyclic amines) is 1. The summed E-state index contributed by atoms with van der Waals surface area (Å²) in [4.78, 5) is 47.1. The summed E-state index contributed by atoms with van der Waals surface area (Å²) in [7, 11) is 0. The molecule has 1 saturated heterocycles. The summed E-state index contributed by atoms with van der Waals surface area (Å²) < 4.78 is 0. The van der Waals surface area contributed by atoms with Crippen molar-refractivity contribution in [1.29, 1.82) is 0 Å². The Morgan fingerprint density at radius 3 is 2.45 bits per heavy atom. The first kappa shape index (κ1) is 29.9. The number of carbonyl (C=O) groups is 3. The van der Waals surface area contributed by atoms with Crippen molar-refractivity contribution in [3.05, 3.63) is 41.0 Å². The molecule has 4 N–H and O–H groups in total. The average Bonchev–Trinajstić information content (AvgIpc) is 3.46. The number of hydrogen-bond donors (Lipinski definition) is 3. The maximum absolute atomic E-state index is 13.7. The van der Waals surface area contributed by atoms with Gasteiger partial charge in [-0.15, -0.1) is 11.3 Å². The van der Waals surface area contributed by atoms with E-state index in [1.54, 1.807) is 11.3 Å². The fourth-order valence-electron chi connectivity index (χ4n) is 5.12. The molecule has 0 spiro atoms. The number of nitrogens with two attached hydrogens (primary N) is 1. The number of β-amino-alcohol motifs (C(OH)–C–C–N with tert-alkyl or cyclic N) is 1. The molecule has 1 aliphatic heterocycles. The second-order valence-corrected chi connectivity index (χ2v) is 12.2. The fourth-order valence-corrected chi connectivity index (χ4v) is 5.93. The Morgan fingerprint density at radius 1 is 1.18 bits per heavy atom. The number of nitrogens with one attached hydrogen (secondary N) is 1. The van der Waals surface area contributed by atoms with Crippen molar-refractivity contribution >= 4 is 28.9 Å². The number of nitrogens with zero attached hydrogens (tertiary/aromatic N) is 2. The minimum Gasteiger partial charge on any atom is -0.391 e. The summed E-state index contributed by atoms with van der Waals surface area (Å²) in [6.07, 6.45) is 2.00. The molecule has 0 saturated carbocycles. The summed E-state index contributed by atoms with van der Waals surface area (Å²) in [5, 5.41) is 13.4. The van der Waals surface area contributed by atoms with E-state index in [-0.39, 0.29) is 36.6 Å². The van der Waals surface area contributed by atoms with Gasteiger partial charge in [-0.1, -0.05) is 51.5 Å². The molecule has 0 bridgehead atoms. The molecule has 2 aromatic rings. The second kappa shape index (κ2) is 13.0. The Hall–Kier alpha value is -2.62. The van der Waals surface area contributed by atoms with Crippen molar-refractivity contribution in [2.45, 2.75) is 84.9 Å². The predicted molar refractivity (Wildman–Crippen MR) is 150 cm³/mol. The SMILES string of the molecule is Cc1ncsc1-c1ccc([C@H](C)NC(=O)[C@@H]2C[C@@H](O)CN2C(=O)[C@@H](C(=O)CCCCCN)C(C)(C)C)cc1. The van der Waals surface area contributed by atoms with Gasteiger partial charge in [-0.3, -0.25) is 14.4 Å². The van der Waals surface area contributed by atoms with E-state index < -0.39 is 23.5 Å². The molecule has 1 fully saturated rings. The van der Waals surface area contributed by atoms with Crippen LogP contribution in [0.5, 0.6) is 0 Å². The Kier molecular flexibility index (Phi) is 10.2. The lowest BCUT2D eigenvalue weighted by Crippen LogP contribution is -2.51. The van der Waals surface area contributed by atoms with Crippen molar-refractivity contribution < 1.29 is 19.5 Å². The molecular weight excluding hydrogens is 500 g/mol. The molecule has 38 heavy (non-hydrogen) atoms. The molecule has 208 valence electrons. The molecular formula is C29H42N4O4S. The first-order valence-corrected chi connectivity index (χ1v) is 14.3. The highest BCUT2D eigenvalue weighted by Gasteiger charge is 2.46. The number of amides is 2. The largest absolute Gasteiger partial charge is 0.391 e. The van der Waals surface area contributed by atoms with E-state index in [0.29, 0.717) is 19.4 Å². The van der Waals surface area contributed by atoms with Crippen molar-refractivity contribution in [2.75, 3.05) is 13.1 Å². The number of benzene rings is 1. The highest BCUT2D eigenvalue weighted by atomic mass is 32.1. The number of carbonyl (C=O) groups excluding carboxylic acids is 3. The number of aliphatic hydroxyl groups is 1. The van der Waals surface area contributed by atoms with Crippen molar-refractivity contribution in [3.8, 4) is 10.4 Å². The van der Waals surface area contributed by atoms with E-state index in [2.05, 4.69) is 10.3 Å². The molecule has 2 amide bonds. The lowest BCUT2D eigenvalue weighted by Gasteiger charge is -2.34. The monoisotopic (exact) mass is 542 g/mol. The molecule has 2 heterocycles. The Bertz CT molecular complexity index is 1110. The van der Waals surface area contributed by atoms with Gasteiger partial charge < -0.3 is 21.1 Å². The summed E-state index contributed by atoms with van der Waals surface area (Å²) in [5.41, 5.74) is 9.76. The number of thiazole rings is 1. The van der Waals surface area contributed by atoms with Gasteiger partial charge in [0.2, 0.25) is 11.8 Å². The number of aliphatic hydroxyl groups excluding tert-OH is 1. The van der Waals surface area contributed by atoms with E-state index in [0.717, 1.165) is 34.5 Å². The summed E-state index contributed by atoms with van der Waals surface area (Å²) in [5.74, 6) is -1.70. The molecule has 9 heteroatoms. The zero-order valence-corrected chi connectivity index (χ0v) is 24.0. The van der Waals surface area contributed by atoms with Crippen LogP contribution in [-0.4, -0.2) is 57.8 Å². The maximum Gasteiger partial charge on any atom is 0.243 e. The first-order valence-electron chi connectivity index (χ1n) is 13.5. The topological polar surface area (TPSA) is 126 Å². The molecule has 3 rings (SSSR count). The van der Waals surface area contributed by atoms with Crippen LogP contribution in [0, 0.1) is 18.3 Å². The third-order valence-corrected chi connectivity index (χ3v) is 8.18. The van der Waals surface area contributed by atoms with Crippen molar-refractivity contribution in [2.24, 2.45) is 17.1 Å². The number of unbranched alkanes of at least 4 members (excludes halogenated alkanes) is 2. The van der Waals surface area contributed by atoms with Crippen LogP contribution in [0.1, 0.15) is 77.1 Å². The maximum atomic E-state index is 13.7. The zero-order chi connectivity index (χ0) is 28.0. The lowest BCUT2D eigenvalue weighted by molar-refractivity contribution is -0.149. The molecule has 0 aliphatic carbocycles. The van der Waals surface area contributed by atoms with Crippen LogP contribution in [0.3, 0.4) is 0 Å². The van der Waals surface area contributed by atoms with Gasteiger partial charge in [0.15, 0.2) is 0 Å². The van der Waals surface area contributed by atoms with Crippen LogP contribution in [-0.2, 0) is 14.4 Å². The van der Waals surface area contributed by atoms with Crippen LogP contribution >= 0.6 is 11.3 Å². The Labute approximate surface area is 230 Å². The van der Waals surface area contributed by atoms with Crippen LogP contribution in [0.25, 0.3) is 10.4 Å². The normalized spacial score (nSPS) is 19.3. The summed E-state index contributed by atoms with van der Waals surface area (Å²) in [6, 6.07) is 6.86.